The van der Waals surface area contributed by atoms with Gasteiger partial charge in [-0.1, -0.05) is 0 Å². The molecule has 0 spiro atoms. The normalized spacial score (nSPS) is 15.8. The summed E-state index contributed by atoms with van der Waals surface area (Å²) >= 11 is 0. The van der Waals surface area contributed by atoms with Gasteiger partial charge in [-0.15, -0.1) is 0 Å². The monoisotopic (exact) mass is 542 g/mol. The van der Waals surface area contributed by atoms with Gasteiger partial charge in [0.05, 0.1) is 0 Å². The van der Waals surface area contributed by atoms with E-state index in [2.05, 4.69) is 10.2 Å². The van der Waals surface area contributed by atoms with E-state index in [9.17, 15) is 61.5 Å². The number of hydrogen-bond donors (Lipinski definition) is 0. The second kappa shape index (κ2) is 9.49. The Morgan fingerprint density at radius 2 is 0.719 bits per heavy atom. The number of hydrazone groups is 2. The first kappa shape index (κ1) is 30.7. The highest BCUT2D eigenvalue weighted by atomic mass is 33.1. The molecule has 0 fully saturated rings. The summed E-state index contributed by atoms with van der Waals surface area (Å²) in [6, 6.07) is 0. The highest BCUT2D eigenvalue weighted by molar-refractivity contribution is 8.87. The van der Waals surface area contributed by atoms with Crippen LogP contribution in [-0.4, -0.2) is 84.3 Å². The van der Waals surface area contributed by atoms with Crippen LogP contribution in [0.4, 0.5) is 61.5 Å². The molecule has 0 aromatic rings. The van der Waals surface area contributed by atoms with Crippen molar-refractivity contribution in [1.82, 2.24) is 10.0 Å². The molecule has 0 aliphatic carbocycles. The Kier molecular flexibility index (Phi) is 9.10. The van der Waals surface area contributed by atoms with Crippen molar-refractivity contribution in [2.75, 3.05) is 28.2 Å². The van der Waals surface area contributed by atoms with E-state index >= 15 is 0 Å². The lowest BCUT2D eigenvalue weighted by Crippen LogP contribution is -2.56. The Labute approximate surface area is 178 Å². The fraction of sp³-hybridized carbons (Fsp3) is 0.833. The number of hydrogen-bond acceptors (Lipinski definition) is 6. The summed E-state index contributed by atoms with van der Waals surface area (Å²) in [6.45, 7) is 0. The van der Waals surface area contributed by atoms with Crippen LogP contribution < -0.4 is 0 Å². The molecule has 0 N–H and O–H groups in total. The maximum Gasteiger partial charge on any atom is 0.460 e. The molecule has 190 valence electrons. The van der Waals surface area contributed by atoms with E-state index in [1.54, 1.807) is 0 Å². The Balaban J connectivity index is 6.42. The average molecular weight is 542 g/mol. The molecule has 0 aromatic heterocycles. The number of halogens is 14. The SMILES string of the molecule is CN(C)/N=C(\SS/C(=N\N(C)C)C(F)(F)C(F)(F)C(F)(F)F)C(F)(F)C(F)(F)C(F)(F)F. The number of nitrogens with zero attached hydrogens (tertiary/aromatic N) is 4. The molecule has 0 heterocycles. The van der Waals surface area contributed by atoms with Crippen LogP contribution in [0.2, 0.25) is 0 Å². The minimum absolute atomic E-state index is 0.231. The molecule has 0 saturated heterocycles. The second-order valence-corrected chi connectivity index (χ2v) is 8.07. The topological polar surface area (TPSA) is 31.2 Å². The van der Waals surface area contributed by atoms with Crippen LogP contribution >= 0.6 is 21.6 Å². The Morgan fingerprint density at radius 1 is 0.500 bits per heavy atom. The van der Waals surface area contributed by atoms with E-state index in [1.807, 2.05) is 0 Å². The van der Waals surface area contributed by atoms with Gasteiger partial charge in [0, 0.05) is 28.2 Å². The molecule has 0 saturated carbocycles. The molecule has 0 aliphatic heterocycles. The summed E-state index contributed by atoms with van der Waals surface area (Å²) < 4.78 is 183. The Hall–Kier alpha value is -1.34. The minimum atomic E-state index is -6.87. The summed E-state index contributed by atoms with van der Waals surface area (Å²) in [5.74, 6) is -26.1. The summed E-state index contributed by atoms with van der Waals surface area (Å²) in [5.41, 5.74) is 0. The van der Waals surface area contributed by atoms with Crippen molar-refractivity contribution in [3.05, 3.63) is 0 Å². The van der Waals surface area contributed by atoms with Crippen LogP contribution in [0.1, 0.15) is 0 Å². The molecule has 32 heavy (non-hydrogen) atoms. The molecule has 0 radical (unpaired) electrons. The fourth-order valence-electron chi connectivity index (χ4n) is 1.33. The average Bonchev–Trinajstić information content (AvgIpc) is 2.53. The zero-order valence-electron chi connectivity index (χ0n) is 15.9. The van der Waals surface area contributed by atoms with Crippen molar-refractivity contribution in [2.45, 2.75) is 36.0 Å². The van der Waals surface area contributed by atoms with Crippen molar-refractivity contribution < 1.29 is 61.5 Å². The van der Waals surface area contributed by atoms with E-state index in [1.165, 1.54) is 0 Å². The molecule has 20 heteroatoms. The third-order valence-corrected chi connectivity index (χ3v) is 5.09. The lowest BCUT2D eigenvalue weighted by molar-refractivity contribution is -0.336. The first-order valence-electron chi connectivity index (χ1n) is 7.36. The van der Waals surface area contributed by atoms with Crippen molar-refractivity contribution in [1.29, 1.82) is 0 Å². The Bertz CT molecular complexity index is 651. The first-order valence-corrected chi connectivity index (χ1v) is 9.51. The van der Waals surface area contributed by atoms with E-state index in [0.29, 0.717) is 0 Å². The molecule has 0 aromatic carbocycles. The fourth-order valence-corrected chi connectivity index (χ4v) is 3.65. The van der Waals surface area contributed by atoms with Crippen LogP contribution in [0.3, 0.4) is 0 Å². The van der Waals surface area contributed by atoms with Gasteiger partial charge in [-0.05, 0) is 21.6 Å². The molecule has 0 bridgehead atoms. The smallest absolute Gasteiger partial charge is 0.302 e. The molecule has 0 unspecified atom stereocenters. The molecule has 4 nitrogen and oxygen atoms in total. The van der Waals surface area contributed by atoms with Crippen molar-refractivity contribution in [2.24, 2.45) is 10.2 Å². The van der Waals surface area contributed by atoms with Crippen LogP contribution in [0.5, 0.6) is 0 Å². The quantitative estimate of drug-likeness (QED) is 0.140. The van der Waals surface area contributed by atoms with Gasteiger partial charge in [-0.2, -0.15) is 71.7 Å². The van der Waals surface area contributed by atoms with Gasteiger partial charge < -0.3 is 10.0 Å². The second-order valence-electron chi connectivity index (χ2n) is 5.96. The maximum atomic E-state index is 13.9. The molecule has 0 aliphatic rings. The lowest BCUT2D eigenvalue weighted by Gasteiger charge is -2.30. The van der Waals surface area contributed by atoms with E-state index in [-0.39, 0.29) is 10.0 Å². The summed E-state index contributed by atoms with van der Waals surface area (Å²) in [5, 5.41) is 0.614. The van der Waals surface area contributed by atoms with E-state index in [4.69, 9.17) is 0 Å². The van der Waals surface area contributed by atoms with E-state index in [0.717, 1.165) is 28.2 Å². The lowest BCUT2D eigenvalue weighted by atomic mass is 10.2. The third kappa shape index (κ3) is 6.16. The van der Waals surface area contributed by atoms with Crippen molar-refractivity contribution in [3.63, 3.8) is 0 Å². The van der Waals surface area contributed by atoms with E-state index < -0.39 is 67.7 Å². The minimum Gasteiger partial charge on any atom is -0.302 e. The van der Waals surface area contributed by atoms with Gasteiger partial charge in [0.1, 0.15) is 0 Å². The van der Waals surface area contributed by atoms with Gasteiger partial charge in [-0.3, -0.25) is 0 Å². The molecule has 0 amide bonds. The number of alkyl halides is 14. The molecular weight excluding hydrogens is 530 g/mol. The summed E-state index contributed by atoms with van der Waals surface area (Å²) in [7, 11) is 0.642. The molecular formula is C12H12F14N4S2. The third-order valence-electron chi connectivity index (χ3n) is 2.82. The van der Waals surface area contributed by atoms with Gasteiger partial charge in [0.25, 0.3) is 0 Å². The zero-order chi connectivity index (χ0) is 26.1. The van der Waals surface area contributed by atoms with Crippen LogP contribution in [0.15, 0.2) is 10.2 Å². The Morgan fingerprint density at radius 3 is 0.875 bits per heavy atom. The maximum absolute atomic E-state index is 13.9. The summed E-state index contributed by atoms with van der Waals surface area (Å²) in [4.78, 5) is 0. The predicted octanol–water partition coefficient (Wildman–Crippen LogP) is 5.78. The highest BCUT2D eigenvalue weighted by Gasteiger charge is 2.77. The number of rotatable bonds is 6. The summed E-state index contributed by atoms with van der Waals surface area (Å²) in [6.07, 6.45) is -13.7. The van der Waals surface area contributed by atoms with Gasteiger partial charge in [-0.25, -0.2) is 0 Å². The predicted molar refractivity (Wildman–Crippen MR) is 89.3 cm³/mol. The van der Waals surface area contributed by atoms with Gasteiger partial charge >= 0.3 is 36.0 Å². The largest absolute Gasteiger partial charge is 0.460 e. The van der Waals surface area contributed by atoms with Crippen molar-refractivity contribution >= 4 is 31.7 Å². The molecule has 0 rings (SSSR count). The van der Waals surface area contributed by atoms with Crippen molar-refractivity contribution in [3.8, 4) is 0 Å². The highest BCUT2D eigenvalue weighted by Crippen LogP contribution is 2.53. The van der Waals surface area contributed by atoms with Gasteiger partial charge in [0.2, 0.25) is 0 Å². The van der Waals surface area contributed by atoms with Crippen LogP contribution in [-0.2, 0) is 0 Å². The zero-order valence-corrected chi connectivity index (χ0v) is 17.5. The van der Waals surface area contributed by atoms with Crippen LogP contribution in [0, 0.1) is 0 Å². The van der Waals surface area contributed by atoms with Gasteiger partial charge in [0.15, 0.2) is 10.1 Å². The molecule has 0 atom stereocenters. The standard InChI is InChI=1S/C12H12F14N4S2/c1-29(2)27-5(7(13,14)9(17,18)11(21,22)23)31-32-6(28-30(3)4)8(15,16)10(19,20)12(24,25)26/h1-4H3/b27-5-,28-6-. The first-order chi connectivity index (χ1) is 13.8. The van der Waals surface area contributed by atoms with Crippen LogP contribution in [0.25, 0.3) is 0 Å².